The maximum atomic E-state index is 13.4. The summed E-state index contributed by atoms with van der Waals surface area (Å²) < 4.78 is 47.2. The molecule has 2 N–H and O–H groups in total. The van der Waals surface area contributed by atoms with E-state index in [1.807, 2.05) is 0 Å². The molecule has 2 aromatic carbocycles. The Hall–Kier alpha value is -1.79. The summed E-state index contributed by atoms with van der Waals surface area (Å²) in [5.41, 5.74) is 5.48. The third kappa shape index (κ3) is 4.09. The molecule has 0 amide bonds. The molecule has 0 saturated carbocycles. The van der Waals surface area contributed by atoms with E-state index in [9.17, 15) is 13.2 Å². The molecule has 2 rings (SSSR count). The van der Waals surface area contributed by atoms with Gasteiger partial charge in [0.25, 0.3) is 0 Å². The van der Waals surface area contributed by atoms with Crippen LogP contribution in [-0.4, -0.2) is 6.61 Å². The Morgan fingerprint density at radius 2 is 1.57 bits per heavy atom. The van der Waals surface area contributed by atoms with Crippen LogP contribution in [0.3, 0.4) is 0 Å². The average molecular weight is 338 g/mol. The number of halogens is 5. The second-order valence-electron chi connectivity index (χ2n) is 3.91. The van der Waals surface area contributed by atoms with Gasteiger partial charge in [0.05, 0.1) is 5.69 Å². The SMILES string of the molecule is Nc1cc(F)c(OC(F)F)cc1Oc1cc(Cl)cc(Cl)c1. The molecule has 0 bridgehead atoms. The number of anilines is 1. The van der Waals surface area contributed by atoms with Crippen molar-refractivity contribution in [2.45, 2.75) is 6.61 Å². The summed E-state index contributed by atoms with van der Waals surface area (Å²) >= 11 is 11.6. The Morgan fingerprint density at radius 1 is 0.952 bits per heavy atom. The standard InChI is InChI=1S/C13H8Cl2F3NO2/c14-6-1-7(15)3-8(2-6)20-12-5-11(21-13(17)18)9(16)4-10(12)19/h1-5,13H,19H2. The van der Waals surface area contributed by atoms with E-state index in [0.29, 0.717) is 10.0 Å². The molecule has 2 aromatic rings. The Bertz CT molecular complexity index is 648. The fourth-order valence-corrected chi connectivity index (χ4v) is 2.05. The molecule has 0 radical (unpaired) electrons. The van der Waals surface area contributed by atoms with Crippen LogP contribution in [0.15, 0.2) is 30.3 Å². The van der Waals surface area contributed by atoms with Gasteiger partial charge in [-0.05, 0) is 18.2 Å². The van der Waals surface area contributed by atoms with E-state index >= 15 is 0 Å². The van der Waals surface area contributed by atoms with E-state index in [2.05, 4.69) is 4.74 Å². The van der Waals surface area contributed by atoms with Crippen molar-refractivity contribution in [1.29, 1.82) is 0 Å². The van der Waals surface area contributed by atoms with E-state index in [0.717, 1.165) is 12.1 Å². The summed E-state index contributed by atoms with van der Waals surface area (Å²) in [5, 5.41) is 0.615. The van der Waals surface area contributed by atoms with Crippen molar-refractivity contribution in [1.82, 2.24) is 0 Å². The Morgan fingerprint density at radius 3 is 2.14 bits per heavy atom. The molecule has 0 unspecified atom stereocenters. The molecule has 0 fully saturated rings. The molecule has 0 aliphatic carbocycles. The van der Waals surface area contributed by atoms with Gasteiger partial charge in [0.15, 0.2) is 17.3 Å². The summed E-state index contributed by atoms with van der Waals surface area (Å²) in [5.74, 6) is -1.55. The van der Waals surface area contributed by atoms with E-state index < -0.39 is 18.2 Å². The second-order valence-corrected chi connectivity index (χ2v) is 4.78. The van der Waals surface area contributed by atoms with Crippen LogP contribution >= 0.6 is 23.2 Å². The van der Waals surface area contributed by atoms with E-state index in [1.165, 1.54) is 18.2 Å². The highest BCUT2D eigenvalue weighted by atomic mass is 35.5. The number of hydrogen-bond donors (Lipinski definition) is 1. The highest BCUT2D eigenvalue weighted by molar-refractivity contribution is 6.34. The summed E-state index contributed by atoms with van der Waals surface area (Å²) in [4.78, 5) is 0. The molecule has 21 heavy (non-hydrogen) atoms. The van der Waals surface area contributed by atoms with Crippen LogP contribution < -0.4 is 15.2 Å². The minimum atomic E-state index is -3.17. The molecule has 0 aliphatic heterocycles. The number of benzene rings is 2. The molecule has 0 saturated heterocycles. The highest BCUT2D eigenvalue weighted by Crippen LogP contribution is 2.35. The first-order chi connectivity index (χ1) is 9.85. The van der Waals surface area contributed by atoms with E-state index in [1.54, 1.807) is 0 Å². The van der Waals surface area contributed by atoms with Crippen LogP contribution in [0, 0.1) is 5.82 Å². The van der Waals surface area contributed by atoms with Gasteiger partial charge < -0.3 is 15.2 Å². The Kier molecular flexibility index (Phi) is 4.69. The largest absolute Gasteiger partial charge is 0.455 e. The predicted octanol–water partition coefficient (Wildman–Crippen LogP) is 5.11. The second kappa shape index (κ2) is 6.32. The quantitative estimate of drug-likeness (QED) is 0.788. The number of nitrogen functional groups attached to an aromatic ring is 1. The van der Waals surface area contributed by atoms with Crippen LogP contribution in [0.5, 0.6) is 17.2 Å². The molecule has 0 spiro atoms. The topological polar surface area (TPSA) is 44.5 Å². The lowest BCUT2D eigenvalue weighted by Gasteiger charge is -2.12. The van der Waals surface area contributed by atoms with Crippen molar-refractivity contribution in [2.24, 2.45) is 0 Å². The van der Waals surface area contributed by atoms with Gasteiger partial charge in [-0.25, -0.2) is 4.39 Å². The lowest BCUT2D eigenvalue weighted by atomic mass is 10.2. The highest BCUT2D eigenvalue weighted by Gasteiger charge is 2.15. The van der Waals surface area contributed by atoms with E-state index in [4.69, 9.17) is 33.7 Å². The van der Waals surface area contributed by atoms with Crippen LogP contribution in [0.2, 0.25) is 10.0 Å². The molecule has 112 valence electrons. The first kappa shape index (κ1) is 15.6. The molecular formula is C13H8Cl2F3NO2. The molecule has 8 heteroatoms. The summed E-state index contributed by atoms with van der Waals surface area (Å²) in [6, 6.07) is 6.09. The molecular weight excluding hydrogens is 330 g/mol. The van der Waals surface area contributed by atoms with Gasteiger partial charge in [-0.3, -0.25) is 0 Å². The third-order valence-electron chi connectivity index (χ3n) is 2.34. The maximum Gasteiger partial charge on any atom is 0.387 e. The van der Waals surface area contributed by atoms with Gasteiger partial charge in [-0.15, -0.1) is 0 Å². The van der Waals surface area contributed by atoms with Gasteiger partial charge in [0.2, 0.25) is 0 Å². The number of hydrogen-bond acceptors (Lipinski definition) is 3. The van der Waals surface area contributed by atoms with Gasteiger partial charge in [-0.2, -0.15) is 8.78 Å². The number of rotatable bonds is 4. The normalized spacial score (nSPS) is 10.8. The van der Waals surface area contributed by atoms with Crippen molar-refractivity contribution in [2.75, 3.05) is 5.73 Å². The molecule has 3 nitrogen and oxygen atoms in total. The minimum Gasteiger partial charge on any atom is -0.455 e. The van der Waals surface area contributed by atoms with Crippen molar-refractivity contribution in [3.05, 3.63) is 46.2 Å². The van der Waals surface area contributed by atoms with Crippen LogP contribution in [0.25, 0.3) is 0 Å². The first-order valence-electron chi connectivity index (χ1n) is 5.53. The lowest BCUT2D eigenvalue weighted by Crippen LogP contribution is -2.05. The van der Waals surface area contributed by atoms with Crippen LogP contribution in [-0.2, 0) is 0 Å². The average Bonchev–Trinajstić information content (AvgIpc) is 2.33. The van der Waals surface area contributed by atoms with Crippen molar-refractivity contribution in [3.63, 3.8) is 0 Å². The summed E-state index contributed by atoms with van der Waals surface area (Å²) in [6.45, 7) is -3.17. The maximum absolute atomic E-state index is 13.4. The van der Waals surface area contributed by atoms with Crippen LogP contribution in [0.4, 0.5) is 18.9 Å². The Balaban J connectivity index is 2.34. The number of ether oxygens (including phenoxy) is 2. The minimum absolute atomic E-state index is 0.0645. The lowest BCUT2D eigenvalue weighted by molar-refractivity contribution is -0.0522. The zero-order valence-electron chi connectivity index (χ0n) is 10.2. The van der Waals surface area contributed by atoms with Gasteiger partial charge in [0, 0.05) is 22.2 Å². The summed E-state index contributed by atoms with van der Waals surface area (Å²) in [6.07, 6.45) is 0. The fraction of sp³-hybridized carbons (Fsp3) is 0.0769. The number of alkyl halides is 2. The smallest absolute Gasteiger partial charge is 0.387 e. The zero-order valence-corrected chi connectivity index (χ0v) is 11.8. The van der Waals surface area contributed by atoms with Gasteiger partial charge >= 0.3 is 6.61 Å². The molecule has 0 atom stereocenters. The molecule has 0 heterocycles. The van der Waals surface area contributed by atoms with E-state index in [-0.39, 0.29) is 17.2 Å². The monoisotopic (exact) mass is 337 g/mol. The molecule has 0 aromatic heterocycles. The first-order valence-corrected chi connectivity index (χ1v) is 6.28. The molecule has 0 aliphatic rings. The zero-order chi connectivity index (χ0) is 15.6. The van der Waals surface area contributed by atoms with Gasteiger partial charge in [-0.1, -0.05) is 23.2 Å². The van der Waals surface area contributed by atoms with Crippen molar-refractivity contribution < 1.29 is 22.6 Å². The summed E-state index contributed by atoms with van der Waals surface area (Å²) in [7, 11) is 0. The van der Waals surface area contributed by atoms with Crippen LogP contribution in [0.1, 0.15) is 0 Å². The Labute approximate surface area is 128 Å². The van der Waals surface area contributed by atoms with Crippen molar-refractivity contribution in [3.8, 4) is 17.2 Å². The fourth-order valence-electron chi connectivity index (χ4n) is 1.54. The van der Waals surface area contributed by atoms with Gasteiger partial charge in [0.1, 0.15) is 5.75 Å². The number of nitrogens with two attached hydrogens (primary N) is 1. The third-order valence-corrected chi connectivity index (χ3v) is 2.78. The van der Waals surface area contributed by atoms with Crippen molar-refractivity contribution >= 4 is 28.9 Å². The predicted molar refractivity (Wildman–Crippen MR) is 74.0 cm³/mol.